The van der Waals surface area contributed by atoms with Crippen molar-refractivity contribution >= 4 is 16.9 Å². The van der Waals surface area contributed by atoms with Crippen LogP contribution >= 0.6 is 0 Å². The van der Waals surface area contributed by atoms with E-state index in [9.17, 15) is 4.79 Å². The first-order valence-corrected chi connectivity index (χ1v) is 8.11. The number of benzene rings is 2. The summed E-state index contributed by atoms with van der Waals surface area (Å²) in [6, 6.07) is 17.4. The quantitative estimate of drug-likeness (QED) is 0.685. The van der Waals surface area contributed by atoms with E-state index in [2.05, 4.69) is 14.9 Å². The zero-order valence-electron chi connectivity index (χ0n) is 13.8. The Balaban J connectivity index is 1.54. The summed E-state index contributed by atoms with van der Waals surface area (Å²) < 4.78 is 2.10. The van der Waals surface area contributed by atoms with Crippen molar-refractivity contribution in [1.82, 2.24) is 14.9 Å². The monoisotopic (exact) mass is 322 g/mol. The normalized spacial score (nSPS) is 13.6. The van der Waals surface area contributed by atoms with Crippen LogP contribution in [0.2, 0.25) is 0 Å². The minimum Gasteiger partial charge on any atom is -0.354 e. The summed E-state index contributed by atoms with van der Waals surface area (Å²) in [5.41, 5.74) is 8.08. The molecule has 0 radical (unpaired) electrons. The Morgan fingerprint density at radius 3 is 2.67 bits per heavy atom. The van der Waals surface area contributed by atoms with Crippen LogP contribution in [0.3, 0.4) is 0 Å². The first-order chi connectivity index (χ1) is 11.6. The van der Waals surface area contributed by atoms with E-state index in [0.29, 0.717) is 6.54 Å². The summed E-state index contributed by atoms with van der Waals surface area (Å²) in [4.78, 5) is 16.8. The Bertz CT molecular complexity index is 824. The van der Waals surface area contributed by atoms with Gasteiger partial charge < -0.3 is 15.6 Å². The molecule has 1 unspecified atom stereocenters. The van der Waals surface area contributed by atoms with Crippen LogP contribution in [0.5, 0.6) is 0 Å². The minimum absolute atomic E-state index is 0.163. The van der Waals surface area contributed by atoms with Crippen LogP contribution in [0.4, 0.5) is 0 Å². The lowest BCUT2D eigenvalue weighted by Crippen LogP contribution is -2.49. The second kappa shape index (κ2) is 6.84. The largest absolute Gasteiger partial charge is 0.354 e. The maximum Gasteiger partial charge on any atom is 0.244 e. The highest BCUT2D eigenvalue weighted by Gasteiger charge is 2.29. The molecule has 1 heterocycles. The molecular weight excluding hydrogens is 300 g/mol. The van der Waals surface area contributed by atoms with Crippen molar-refractivity contribution in [2.24, 2.45) is 5.73 Å². The number of carbonyl (C=O) groups excluding carboxylic acids is 1. The first kappa shape index (κ1) is 16.2. The molecular formula is C19H22N4O. The van der Waals surface area contributed by atoms with E-state index in [0.717, 1.165) is 29.6 Å². The van der Waals surface area contributed by atoms with Gasteiger partial charge in [-0.3, -0.25) is 4.79 Å². The second-order valence-corrected chi connectivity index (χ2v) is 6.10. The molecule has 0 aliphatic heterocycles. The third kappa shape index (κ3) is 3.31. The average Bonchev–Trinajstić information content (AvgIpc) is 3.02. The third-order valence-corrected chi connectivity index (χ3v) is 4.23. The van der Waals surface area contributed by atoms with Crippen LogP contribution in [0.1, 0.15) is 18.9 Å². The summed E-state index contributed by atoms with van der Waals surface area (Å²) in [6.07, 6.45) is 2.65. The molecule has 1 aromatic heterocycles. The molecule has 1 atom stereocenters. The molecule has 124 valence electrons. The lowest BCUT2D eigenvalue weighted by Gasteiger charge is -2.24. The van der Waals surface area contributed by atoms with E-state index in [-0.39, 0.29) is 5.91 Å². The van der Waals surface area contributed by atoms with Gasteiger partial charge in [0.05, 0.1) is 17.4 Å². The molecule has 0 saturated heterocycles. The molecule has 3 rings (SSSR count). The van der Waals surface area contributed by atoms with Gasteiger partial charge in [-0.15, -0.1) is 0 Å². The van der Waals surface area contributed by atoms with E-state index in [1.54, 1.807) is 6.92 Å². The minimum atomic E-state index is -1.02. The van der Waals surface area contributed by atoms with Crippen LogP contribution in [0, 0.1) is 0 Å². The molecule has 5 heteroatoms. The van der Waals surface area contributed by atoms with Gasteiger partial charge in [-0.2, -0.15) is 0 Å². The number of nitrogens with one attached hydrogen (secondary N) is 1. The lowest BCUT2D eigenvalue weighted by molar-refractivity contribution is -0.126. The zero-order valence-corrected chi connectivity index (χ0v) is 13.8. The lowest BCUT2D eigenvalue weighted by atomic mass is 9.92. The molecule has 1 amide bonds. The van der Waals surface area contributed by atoms with Crippen molar-refractivity contribution in [2.45, 2.75) is 25.4 Å². The van der Waals surface area contributed by atoms with E-state index in [1.165, 1.54) is 0 Å². The molecule has 0 aliphatic carbocycles. The van der Waals surface area contributed by atoms with Crippen molar-refractivity contribution < 1.29 is 4.79 Å². The fourth-order valence-corrected chi connectivity index (χ4v) is 2.74. The fourth-order valence-electron chi connectivity index (χ4n) is 2.74. The average molecular weight is 322 g/mol. The Hall–Kier alpha value is -2.66. The van der Waals surface area contributed by atoms with Crippen LogP contribution in [-0.4, -0.2) is 22.0 Å². The van der Waals surface area contributed by atoms with Crippen molar-refractivity contribution in [1.29, 1.82) is 0 Å². The number of carbonyl (C=O) groups is 1. The van der Waals surface area contributed by atoms with Crippen molar-refractivity contribution in [3.63, 3.8) is 0 Å². The number of para-hydroxylation sites is 2. The number of fused-ring (bicyclic) bond motifs is 1. The number of aromatic nitrogens is 2. The van der Waals surface area contributed by atoms with E-state index in [1.807, 2.05) is 60.9 Å². The van der Waals surface area contributed by atoms with E-state index < -0.39 is 5.54 Å². The molecule has 0 spiro atoms. The smallest absolute Gasteiger partial charge is 0.244 e. The molecule has 3 aromatic rings. The van der Waals surface area contributed by atoms with Gasteiger partial charge in [0.25, 0.3) is 0 Å². The van der Waals surface area contributed by atoms with Crippen molar-refractivity contribution in [3.8, 4) is 0 Å². The second-order valence-electron chi connectivity index (χ2n) is 6.10. The number of rotatable bonds is 6. The van der Waals surface area contributed by atoms with Gasteiger partial charge in [0.1, 0.15) is 5.54 Å². The summed E-state index contributed by atoms with van der Waals surface area (Å²) in [5, 5.41) is 2.93. The maximum absolute atomic E-state index is 12.4. The highest BCUT2D eigenvalue weighted by molar-refractivity contribution is 5.86. The molecule has 0 aliphatic rings. The number of hydrogen-bond acceptors (Lipinski definition) is 3. The van der Waals surface area contributed by atoms with Gasteiger partial charge in [0.2, 0.25) is 5.91 Å². The Labute approximate surface area is 141 Å². The van der Waals surface area contributed by atoms with Gasteiger partial charge in [-0.05, 0) is 31.0 Å². The molecule has 24 heavy (non-hydrogen) atoms. The molecule has 0 fully saturated rings. The first-order valence-electron chi connectivity index (χ1n) is 8.11. The molecule has 3 N–H and O–H groups in total. The van der Waals surface area contributed by atoms with Gasteiger partial charge in [-0.1, -0.05) is 42.5 Å². The molecule has 0 bridgehead atoms. The summed E-state index contributed by atoms with van der Waals surface area (Å²) >= 11 is 0. The highest BCUT2D eigenvalue weighted by atomic mass is 16.2. The van der Waals surface area contributed by atoms with Crippen LogP contribution < -0.4 is 11.1 Å². The summed E-state index contributed by atoms with van der Waals surface area (Å²) in [6.45, 7) is 3.11. The Kier molecular flexibility index (Phi) is 4.62. The van der Waals surface area contributed by atoms with Crippen molar-refractivity contribution in [3.05, 3.63) is 66.5 Å². The Morgan fingerprint density at radius 1 is 1.17 bits per heavy atom. The molecule has 5 nitrogen and oxygen atoms in total. The fraction of sp³-hybridized carbons (Fsp3) is 0.263. The van der Waals surface area contributed by atoms with Gasteiger partial charge in [0.15, 0.2) is 0 Å². The number of hydrogen-bond donors (Lipinski definition) is 2. The number of nitrogens with zero attached hydrogens (tertiary/aromatic N) is 2. The van der Waals surface area contributed by atoms with E-state index in [4.69, 9.17) is 5.73 Å². The SMILES string of the molecule is CC(N)(C(=O)NCCCn1cnc2ccccc21)c1ccccc1. The number of nitrogens with two attached hydrogens (primary N) is 1. The highest BCUT2D eigenvalue weighted by Crippen LogP contribution is 2.17. The zero-order chi connectivity index (χ0) is 17.0. The number of amides is 1. The number of imidazole rings is 1. The maximum atomic E-state index is 12.4. The van der Waals surface area contributed by atoms with Gasteiger partial charge in [0, 0.05) is 13.1 Å². The number of aryl methyl sites for hydroxylation is 1. The molecule has 2 aromatic carbocycles. The van der Waals surface area contributed by atoms with Crippen LogP contribution in [-0.2, 0) is 16.9 Å². The van der Waals surface area contributed by atoms with Gasteiger partial charge in [-0.25, -0.2) is 4.98 Å². The summed E-state index contributed by atoms with van der Waals surface area (Å²) in [5.74, 6) is -0.163. The molecule has 0 saturated carbocycles. The predicted molar refractivity (Wildman–Crippen MR) is 95.3 cm³/mol. The van der Waals surface area contributed by atoms with Crippen LogP contribution in [0.15, 0.2) is 60.9 Å². The summed E-state index contributed by atoms with van der Waals surface area (Å²) in [7, 11) is 0. The third-order valence-electron chi connectivity index (χ3n) is 4.23. The topological polar surface area (TPSA) is 72.9 Å². The van der Waals surface area contributed by atoms with Crippen molar-refractivity contribution in [2.75, 3.05) is 6.54 Å². The van der Waals surface area contributed by atoms with Gasteiger partial charge >= 0.3 is 0 Å². The predicted octanol–water partition coefficient (Wildman–Crippen LogP) is 2.42. The standard InChI is InChI=1S/C19H22N4O/c1-19(20,15-8-3-2-4-9-15)18(24)21-12-7-13-23-14-22-16-10-5-6-11-17(16)23/h2-6,8-11,14H,7,12-13,20H2,1H3,(H,21,24). The van der Waals surface area contributed by atoms with E-state index >= 15 is 0 Å². The van der Waals surface area contributed by atoms with Crippen LogP contribution in [0.25, 0.3) is 11.0 Å². The Morgan fingerprint density at radius 2 is 1.88 bits per heavy atom.